The van der Waals surface area contributed by atoms with Gasteiger partial charge in [0.25, 0.3) is 0 Å². The summed E-state index contributed by atoms with van der Waals surface area (Å²) in [5.74, 6) is 1.36. The minimum absolute atomic E-state index is 0.153. The maximum Gasteiger partial charge on any atom is 0.228 e. The largest absolute Gasteiger partial charge is 0.493 e. The zero-order chi connectivity index (χ0) is 19.9. The first kappa shape index (κ1) is 20.0. The van der Waals surface area contributed by atoms with Crippen LogP contribution in [-0.4, -0.2) is 37.4 Å². The summed E-state index contributed by atoms with van der Waals surface area (Å²) in [5, 5.41) is 10.8. The first-order valence-corrected chi connectivity index (χ1v) is 9.96. The molecule has 3 rings (SSSR count). The van der Waals surface area contributed by atoms with Crippen LogP contribution in [-0.2, 0) is 11.2 Å². The van der Waals surface area contributed by atoms with Crippen molar-refractivity contribution in [2.24, 2.45) is 0 Å². The second kappa shape index (κ2) is 9.43. The van der Waals surface area contributed by atoms with Gasteiger partial charge < -0.3 is 19.5 Å². The Morgan fingerprint density at radius 2 is 1.82 bits per heavy atom. The number of nitrogens with zero attached hydrogens (tertiary/aromatic N) is 2. The number of nitrogens with one attached hydrogen (secondary N) is 1. The van der Waals surface area contributed by atoms with Crippen LogP contribution in [0.5, 0.6) is 17.2 Å². The Labute approximate surface area is 171 Å². The molecule has 0 saturated carbocycles. The number of carbonyl (C=O) groups excluding carboxylic acids is 1. The third-order valence-corrected chi connectivity index (χ3v) is 5.64. The van der Waals surface area contributed by atoms with Gasteiger partial charge in [0.15, 0.2) is 15.8 Å². The summed E-state index contributed by atoms with van der Waals surface area (Å²) < 4.78 is 16.8. The van der Waals surface area contributed by atoms with Crippen molar-refractivity contribution < 1.29 is 19.0 Å². The van der Waals surface area contributed by atoms with Crippen molar-refractivity contribution in [3.05, 3.63) is 47.5 Å². The number of ether oxygens (including phenoxy) is 3. The molecule has 2 aromatic carbocycles. The fourth-order valence-electron chi connectivity index (χ4n) is 2.58. The van der Waals surface area contributed by atoms with E-state index in [9.17, 15) is 4.79 Å². The van der Waals surface area contributed by atoms with E-state index < -0.39 is 0 Å². The van der Waals surface area contributed by atoms with Gasteiger partial charge in [0.2, 0.25) is 11.7 Å². The molecule has 0 aliphatic carbocycles. The second-order valence-corrected chi connectivity index (χ2v) is 7.68. The molecule has 28 heavy (non-hydrogen) atoms. The Morgan fingerprint density at radius 3 is 2.43 bits per heavy atom. The molecule has 0 atom stereocenters. The number of benzene rings is 2. The van der Waals surface area contributed by atoms with Crippen LogP contribution in [0.3, 0.4) is 0 Å². The number of rotatable bonds is 8. The smallest absolute Gasteiger partial charge is 0.228 e. The molecule has 9 heteroatoms. The minimum Gasteiger partial charge on any atom is -0.493 e. The van der Waals surface area contributed by atoms with Crippen LogP contribution < -0.4 is 19.5 Å². The first-order valence-electron chi connectivity index (χ1n) is 8.26. The highest BCUT2D eigenvalue weighted by Gasteiger charge is 2.16. The van der Waals surface area contributed by atoms with Gasteiger partial charge in [-0.05, 0) is 29.8 Å². The molecule has 0 aliphatic heterocycles. The van der Waals surface area contributed by atoms with Gasteiger partial charge in [-0.3, -0.25) is 4.79 Å². The summed E-state index contributed by atoms with van der Waals surface area (Å²) in [6.45, 7) is 0. The van der Waals surface area contributed by atoms with Crippen molar-refractivity contribution in [2.45, 2.75) is 15.7 Å². The standard InChI is InChI=1S/C19H19N3O4S2/c1-24-14-8-12(9-15(25-2)18(14)26-3)10-17(23)21-13-6-4-5-7-16(13)28-19-22-20-11-27-19/h4-9,11H,10H2,1-3H3,(H,21,23). The SMILES string of the molecule is COc1cc(CC(=O)Nc2ccccc2Sc2nncs2)cc(OC)c1OC. The molecule has 146 valence electrons. The Balaban J connectivity index is 1.76. The number of anilines is 1. The third-order valence-electron chi connectivity index (χ3n) is 3.79. The van der Waals surface area contributed by atoms with Gasteiger partial charge in [-0.15, -0.1) is 10.2 Å². The summed E-state index contributed by atoms with van der Waals surface area (Å²) in [4.78, 5) is 13.5. The van der Waals surface area contributed by atoms with Crippen LogP contribution in [0.4, 0.5) is 5.69 Å². The van der Waals surface area contributed by atoms with Crippen molar-refractivity contribution in [1.29, 1.82) is 0 Å². The highest BCUT2D eigenvalue weighted by molar-refractivity contribution is 8.01. The van der Waals surface area contributed by atoms with E-state index in [-0.39, 0.29) is 12.3 Å². The fraction of sp³-hybridized carbons (Fsp3) is 0.211. The zero-order valence-electron chi connectivity index (χ0n) is 15.6. The van der Waals surface area contributed by atoms with Crippen molar-refractivity contribution >= 4 is 34.7 Å². The number of aromatic nitrogens is 2. The Bertz CT molecular complexity index is 923. The van der Waals surface area contributed by atoms with E-state index in [0.29, 0.717) is 17.2 Å². The van der Waals surface area contributed by atoms with Gasteiger partial charge in [-0.25, -0.2) is 0 Å². The predicted octanol–water partition coefficient (Wildman–Crippen LogP) is 3.90. The Morgan fingerprint density at radius 1 is 1.11 bits per heavy atom. The molecular formula is C19H19N3O4S2. The van der Waals surface area contributed by atoms with Gasteiger partial charge >= 0.3 is 0 Å². The van der Waals surface area contributed by atoms with E-state index in [0.717, 1.165) is 20.5 Å². The van der Waals surface area contributed by atoms with Crippen LogP contribution in [0, 0.1) is 0 Å². The minimum atomic E-state index is -0.153. The molecule has 0 unspecified atom stereocenters. The topological polar surface area (TPSA) is 82.6 Å². The average Bonchev–Trinajstić information content (AvgIpc) is 3.21. The lowest BCUT2D eigenvalue weighted by Gasteiger charge is -2.14. The van der Waals surface area contributed by atoms with E-state index in [2.05, 4.69) is 15.5 Å². The molecule has 0 fully saturated rings. The Hall–Kier alpha value is -2.78. The number of para-hydroxylation sites is 1. The summed E-state index contributed by atoms with van der Waals surface area (Å²) >= 11 is 2.91. The number of carbonyl (C=O) groups is 1. The zero-order valence-corrected chi connectivity index (χ0v) is 17.2. The third kappa shape index (κ3) is 4.73. The maximum atomic E-state index is 12.6. The molecule has 0 saturated heterocycles. The molecule has 0 bridgehead atoms. The molecule has 0 spiro atoms. The molecule has 3 aromatic rings. The molecule has 1 N–H and O–H groups in total. The number of hydrogen-bond acceptors (Lipinski definition) is 8. The molecule has 0 aliphatic rings. The monoisotopic (exact) mass is 417 g/mol. The lowest BCUT2D eigenvalue weighted by Crippen LogP contribution is -2.15. The molecule has 1 aromatic heterocycles. The van der Waals surface area contributed by atoms with Crippen molar-refractivity contribution in [2.75, 3.05) is 26.6 Å². The van der Waals surface area contributed by atoms with E-state index in [1.807, 2.05) is 24.3 Å². The van der Waals surface area contributed by atoms with Crippen LogP contribution in [0.1, 0.15) is 5.56 Å². The van der Waals surface area contributed by atoms with E-state index in [4.69, 9.17) is 14.2 Å². The van der Waals surface area contributed by atoms with E-state index in [1.165, 1.54) is 23.1 Å². The van der Waals surface area contributed by atoms with Gasteiger partial charge in [0.05, 0.1) is 33.4 Å². The van der Waals surface area contributed by atoms with Crippen molar-refractivity contribution in [1.82, 2.24) is 10.2 Å². The number of amides is 1. The van der Waals surface area contributed by atoms with E-state index >= 15 is 0 Å². The van der Waals surface area contributed by atoms with E-state index in [1.54, 1.807) is 39.0 Å². The van der Waals surface area contributed by atoms with Gasteiger partial charge in [-0.1, -0.05) is 35.2 Å². The fourth-order valence-corrected chi connectivity index (χ4v) is 4.10. The van der Waals surface area contributed by atoms with Gasteiger partial charge in [0.1, 0.15) is 5.51 Å². The second-order valence-electron chi connectivity index (χ2n) is 5.56. The molecule has 0 radical (unpaired) electrons. The average molecular weight is 418 g/mol. The molecular weight excluding hydrogens is 398 g/mol. The molecule has 1 heterocycles. The van der Waals surface area contributed by atoms with Crippen molar-refractivity contribution in [3.63, 3.8) is 0 Å². The summed E-state index contributed by atoms with van der Waals surface area (Å²) in [5.41, 5.74) is 3.15. The number of hydrogen-bond donors (Lipinski definition) is 1. The summed E-state index contributed by atoms with van der Waals surface area (Å²) in [6, 6.07) is 11.1. The summed E-state index contributed by atoms with van der Waals surface area (Å²) in [7, 11) is 4.63. The molecule has 1 amide bonds. The lowest BCUT2D eigenvalue weighted by molar-refractivity contribution is -0.115. The summed E-state index contributed by atoms with van der Waals surface area (Å²) in [6.07, 6.45) is 0.161. The quantitative estimate of drug-likeness (QED) is 0.595. The normalized spacial score (nSPS) is 10.4. The van der Waals surface area contributed by atoms with Crippen LogP contribution >= 0.6 is 23.1 Å². The highest BCUT2D eigenvalue weighted by Crippen LogP contribution is 2.38. The Kier molecular flexibility index (Phi) is 6.72. The first-order chi connectivity index (χ1) is 13.6. The van der Waals surface area contributed by atoms with Crippen LogP contribution in [0.15, 0.2) is 51.1 Å². The van der Waals surface area contributed by atoms with Crippen LogP contribution in [0.25, 0.3) is 0 Å². The van der Waals surface area contributed by atoms with Gasteiger partial charge in [0, 0.05) is 4.90 Å². The number of methoxy groups -OCH3 is 3. The lowest BCUT2D eigenvalue weighted by atomic mass is 10.1. The van der Waals surface area contributed by atoms with Crippen molar-refractivity contribution in [3.8, 4) is 17.2 Å². The highest BCUT2D eigenvalue weighted by atomic mass is 32.2. The molecule has 7 nitrogen and oxygen atoms in total. The van der Waals surface area contributed by atoms with Crippen LogP contribution in [0.2, 0.25) is 0 Å². The maximum absolute atomic E-state index is 12.6. The predicted molar refractivity (Wildman–Crippen MR) is 109 cm³/mol. The van der Waals surface area contributed by atoms with Gasteiger partial charge in [-0.2, -0.15) is 0 Å².